The maximum atomic E-state index is 12.4. The third-order valence-electron chi connectivity index (χ3n) is 5.07. The van der Waals surface area contributed by atoms with Gasteiger partial charge in [-0.05, 0) is 19.3 Å². The van der Waals surface area contributed by atoms with Crippen molar-refractivity contribution in [1.29, 1.82) is 0 Å². The number of esters is 4. The molecule has 1 aliphatic rings. The van der Waals surface area contributed by atoms with Crippen molar-refractivity contribution in [2.45, 2.75) is 116 Å². The molecule has 0 spiro atoms. The van der Waals surface area contributed by atoms with Gasteiger partial charge in [-0.25, -0.2) is 0 Å². The summed E-state index contributed by atoms with van der Waals surface area (Å²) in [5, 5.41) is 10.6. The number of rotatable bonds is 14. The average Bonchev–Trinajstić information content (AvgIpc) is 2.77. The Balaban J connectivity index is 3.19. The van der Waals surface area contributed by atoms with E-state index in [1.807, 2.05) is 20.8 Å². The summed E-state index contributed by atoms with van der Waals surface area (Å²) in [5.74, 6) is -2.37. The molecule has 10 nitrogen and oxygen atoms in total. The number of hydrogen-bond donors (Lipinski definition) is 1. The van der Waals surface area contributed by atoms with Gasteiger partial charge in [-0.2, -0.15) is 0 Å². The van der Waals surface area contributed by atoms with Crippen LogP contribution in [0.1, 0.15) is 85.5 Å². The zero-order valence-corrected chi connectivity index (χ0v) is 20.1. The van der Waals surface area contributed by atoms with Gasteiger partial charge in [-0.15, -0.1) is 0 Å². The van der Waals surface area contributed by atoms with E-state index in [9.17, 15) is 24.3 Å². The van der Waals surface area contributed by atoms with E-state index < -0.39 is 54.6 Å². The second-order valence-electron chi connectivity index (χ2n) is 8.04. The summed E-state index contributed by atoms with van der Waals surface area (Å²) in [7, 11) is 0. The lowest BCUT2D eigenvalue weighted by Crippen LogP contribution is -2.62. The smallest absolute Gasteiger partial charge is 0.306 e. The molecular formula is C23H38O10. The highest BCUT2D eigenvalue weighted by Crippen LogP contribution is 2.29. The molecule has 190 valence electrons. The molecule has 1 unspecified atom stereocenters. The van der Waals surface area contributed by atoms with Gasteiger partial charge in [0.05, 0.1) is 0 Å². The monoisotopic (exact) mass is 474 g/mol. The Morgan fingerprint density at radius 1 is 0.727 bits per heavy atom. The van der Waals surface area contributed by atoms with Crippen molar-refractivity contribution in [2.75, 3.05) is 6.61 Å². The summed E-state index contributed by atoms with van der Waals surface area (Å²) in [6, 6.07) is 0. The molecule has 0 radical (unpaired) electrons. The van der Waals surface area contributed by atoms with Crippen LogP contribution in [0.4, 0.5) is 0 Å². The normalized spacial score (nSPS) is 24.6. The molecule has 33 heavy (non-hydrogen) atoms. The van der Waals surface area contributed by atoms with Crippen molar-refractivity contribution in [3.05, 3.63) is 0 Å². The van der Waals surface area contributed by atoms with Crippen LogP contribution in [0.25, 0.3) is 0 Å². The molecule has 0 aromatic heterocycles. The number of aliphatic hydroxyl groups is 1. The van der Waals surface area contributed by atoms with E-state index in [2.05, 4.69) is 0 Å². The minimum absolute atomic E-state index is 0.103. The van der Waals surface area contributed by atoms with Gasteiger partial charge in [-0.3, -0.25) is 19.2 Å². The summed E-state index contributed by atoms with van der Waals surface area (Å²) in [4.78, 5) is 48.5. The molecule has 1 fully saturated rings. The summed E-state index contributed by atoms with van der Waals surface area (Å²) >= 11 is 0. The quantitative estimate of drug-likeness (QED) is 0.295. The maximum absolute atomic E-state index is 12.4. The molecule has 0 bridgehead atoms. The van der Waals surface area contributed by atoms with Gasteiger partial charge < -0.3 is 28.8 Å². The molecule has 1 heterocycles. The second-order valence-corrected chi connectivity index (χ2v) is 8.04. The van der Waals surface area contributed by atoms with Crippen LogP contribution < -0.4 is 0 Å². The first-order chi connectivity index (χ1) is 15.7. The molecule has 0 amide bonds. The van der Waals surface area contributed by atoms with Crippen LogP contribution in [0.5, 0.6) is 0 Å². The highest BCUT2D eigenvalue weighted by molar-refractivity contribution is 5.71. The average molecular weight is 475 g/mol. The third kappa shape index (κ3) is 10.5. The molecule has 0 aliphatic carbocycles. The lowest BCUT2D eigenvalue weighted by atomic mass is 9.98. The Hall–Kier alpha value is -2.20. The van der Waals surface area contributed by atoms with Crippen molar-refractivity contribution in [2.24, 2.45) is 0 Å². The highest BCUT2D eigenvalue weighted by atomic mass is 16.7. The number of aliphatic hydroxyl groups excluding tert-OH is 1. The topological polar surface area (TPSA) is 135 Å². The van der Waals surface area contributed by atoms with Gasteiger partial charge in [0.1, 0.15) is 12.7 Å². The van der Waals surface area contributed by atoms with Crippen LogP contribution in [-0.4, -0.2) is 66.3 Å². The number of unbranched alkanes of at least 4 members (excludes halogenated alkanes) is 3. The minimum atomic E-state index is -1.68. The van der Waals surface area contributed by atoms with E-state index >= 15 is 0 Å². The van der Waals surface area contributed by atoms with Gasteiger partial charge in [0, 0.05) is 26.2 Å². The van der Waals surface area contributed by atoms with Crippen molar-refractivity contribution in [3.8, 4) is 0 Å². The zero-order valence-electron chi connectivity index (χ0n) is 20.1. The van der Waals surface area contributed by atoms with Crippen LogP contribution in [0.2, 0.25) is 0 Å². The van der Waals surface area contributed by atoms with Crippen molar-refractivity contribution in [1.82, 2.24) is 0 Å². The molecule has 0 saturated carbocycles. The lowest BCUT2D eigenvalue weighted by molar-refractivity contribution is -0.297. The minimum Gasteiger partial charge on any atom is -0.463 e. The van der Waals surface area contributed by atoms with Gasteiger partial charge in [0.15, 0.2) is 24.6 Å². The predicted molar refractivity (Wildman–Crippen MR) is 116 cm³/mol. The van der Waals surface area contributed by atoms with Crippen LogP contribution in [0.15, 0.2) is 0 Å². The summed E-state index contributed by atoms with van der Waals surface area (Å²) in [6.45, 7) is 6.59. The van der Waals surface area contributed by atoms with Crippen LogP contribution in [0.3, 0.4) is 0 Å². The fourth-order valence-corrected chi connectivity index (χ4v) is 3.23. The third-order valence-corrected chi connectivity index (χ3v) is 5.07. The Morgan fingerprint density at radius 3 is 1.58 bits per heavy atom. The van der Waals surface area contributed by atoms with Crippen molar-refractivity contribution < 1.29 is 48.0 Å². The first-order valence-corrected chi connectivity index (χ1v) is 11.8. The number of carbonyl (C=O) groups excluding carboxylic acids is 4. The van der Waals surface area contributed by atoms with Crippen LogP contribution in [0, 0.1) is 0 Å². The fraction of sp³-hybridized carbons (Fsp3) is 0.826. The Bertz CT molecular complexity index is 635. The first-order valence-electron chi connectivity index (χ1n) is 11.8. The van der Waals surface area contributed by atoms with Crippen molar-refractivity contribution >= 4 is 23.9 Å². The molecular weight excluding hydrogens is 436 g/mol. The first kappa shape index (κ1) is 28.8. The molecule has 10 heteroatoms. The largest absolute Gasteiger partial charge is 0.463 e. The summed E-state index contributed by atoms with van der Waals surface area (Å²) in [5.41, 5.74) is 0. The SMILES string of the molecule is CCCCC(=O)O[C@H]1[C@H](OC(=O)CCCC)[C@@H](OC(=O)CCCC)C(O)O[C@@H]1COC(C)=O. The van der Waals surface area contributed by atoms with E-state index in [0.29, 0.717) is 19.3 Å². The van der Waals surface area contributed by atoms with Gasteiger partial charge in [0.2, 0.25) is 0 Å². The van der Waals surface area contributed by atoms with Gasteiger partial charge in [0.25, 0.3) is 0 Å². The summed E-state index contributed by atoms with van der Waals surface area (Å²) in [6.07, 6.45) is -2.43. The lowest BCUT2D eigenvalue weighted by Gasteiger charge is -2.42. The van der Waals surface area contributed by atoms with Crippen molar-refractivity contribution in [3.63, 3.8) is 0 Å². The molecule has 5 atom stereocenters. The van der Waals surface area contributed by atoms with E-state index in [4.69, 9.17) is 23.7 Å². The van der Waals surface area contributed by atoms with E-state index in [1.54, 1.807) is 0 Å². The highest BCUT2D eigenvalue weighted by Gasteiger charge is 2.52. The molecule has 1 saturated heterocycles. The number of ether oxygens (including phenoxy) is 5. The Labute approximate surface area is 195 Å². The van der Waals surface area contributed by atoms with Gasteiger partial charge >= 0.3 is 23.9 Å². The predicted octanol–water partition coefficient (Wildman–Crippen LogP) is 2.57. The Kier molecular flexibility index (Phi) is 13.6. The fourth-order valence-electron chi connectivity index (χ4n) is 3.23. The molecule has 1 aliphatic heterocycles. The molecule has 1 rings (SSSR count). The van der Waals surface area contributed by atoms with E-state index in [-0.39, 0.29) is 25.9 Å². The standard InChI is InChI=1S/C23H38O10/c1-5-8-11-17(25)31-20-16(14-29-15(4)24)30-23(28)22(33-19(27)13-10-7-3)21(20)32-18(26)12-9-6-2/h16,20-23,28H,5-14H2,1-4H3/t16-,20-,21+,22-,23?/m1/s1. The number of carbonyl (C=O) groups is 4. The maximum Gasteiger partial charge on any atom is 0.306 e. The van der Waals surface area contributed by atoms with Crippen LogP contribution in [-0.2, 0) is 42.9 Å². The van der Waals surface area contributed by atoms with E-state index in [1.165, 1.54) is 6.92 Å². The summed E-state index contributed by atoms with van der Waals surface area (Å²) < 4.78 is 27.0. The van der Waals surface area contributed by atoms with E-state index in [0.717, 1.165) is 19.3 Å². The van der Waals surface area contributed by atoms with Crippen LogP contribution >= 0.6 is 0 Å². The second kappa shape index (κ2) is 15.6. The molecule has 0 aromatic rings. The number of hydrogen-bond acceptors (Lipinski definition) is 10. The molecule has 0 aromatic carbocycles. The Morgan fingerprint density at radius 2 is 1.15 bits per heavy atom. The molecule has 1 N–H and O–H groups in total. The van der Waals surface area contributed by atoms with Gasteiger partial charge in [-0.1, -0.05) is 40.0 Å². The zero-order chi connectivity index (χ0) is 24.8.